The number of alkyl halides is 1. The van der Waals surface area contributed by atoms with Gasteiger partial charge in [-0.25, -0.2) is 0 Å². The maximum atomic E-state index is 3.72. The molecule has 7 rings (SSSR count). The van der Waals surface area contributed by atoms with Gasteiger partial charge < -0.3 is 0 Å². The third-order valence-electron chi connectivity index (χ3n) is 7.47. The number of hydrogen-bond acceptors (Lipinski definition) is 0. The fourth-order valence-electron chi connectivity index (χ4n) is 6.27. The Hall–Kier alpha value is -3.42. The van der Waals surface area contributed by atoms with Gasteiger partial charge in [0.2, 0.25) is 0 Å². The second-order valence-electron chi connectivity index (χ2n) is 8.91. The Morgan fingerprint density at radius 3 is 1.52 bits per heavy atom. The molecule has 1 heteroatoms. The fraction of sp³-hybridized carbons (Fsp3) is 0.0625. The van der Waals surface area contributed by atoms with E-state index in [1.807, 2.05) is 0 Å². The second kappa shape index (κ2) is 7.04. The van der Waals surface area contributed by atoms with Crippen LogP contribution in [-0.2, 0) is 10.7 Å². The molecule has 2 aliphatic carbocycles. The Bertz CT molecular complexity index is 1510. The second-order valence-corrected chi connectivity index (χ2v) is 9.47. The zero-order valence-corrected chi connectivity index (χ0v) is 19.6. The van der Waals surface area contributed by atoms with Crippen LogP contribution in [0.5, 0.6) is 0 Å². The first-order chi connectivity index (χ1) is 16.4. The third kappa shape index (κ3) is 2.36. The normalized spacial score (nSPS) is 14.0. The van der Waals surface area contributed by atoms with Gasteiger partial charge in [-0.2, -0.15) is 0 Å². The zero-order valence-electron chi connectivity index (χ0n) is 18.1. The molecule has 156 valence electrons. The molecule has 0 saturated heterocycles. The molecule has 0 unspecified atom stereocenters. The van der Waals surface area contributed by atoms with Crippen LogP contribution in [0.2, 0.25) is 0 Å². The molecule has 0 aliphatic heterocycles. The lowest BCUT2D eigenvalue weighted by atomic mass is 9.70. The molecular weight excluding hydrogens is 464 g/mol. The summed E-state index contributed by atoms with van der Waals surface area (Å²) in [6.45, 7) is 0. The van der Waals surface area contributed by atoms with Gasteiger partial charge in [-0.1, -0.05) is 131 Å². The van der Waals surface area contributed by atoms with Crippen LogP contribution in [-0.4, -0.2) is 0 Å². The zero-order chi connectivity index (χ0) is 22.0. The van der Waals surface area contributed by atoms with Crippen molar-refractivity contribution < 1.29 is 0 Å². The van der Waals surface area contributed by atoms with E-state index in [2.05, 4.69) is 131 Å². The maximum absolute atomic E-state index is 3.72. The Kier molecular flexibility index (Phi) is 4.07. The predicted molar refractivity (Wildman–Crippen MR) is 141 cm³/mol. The molecule has 0 radical (unpaired) electrons. The van der Waals surface area contributed by atoms with E-state index in [9.17, 15) is 0 Å². The van der Waals surface area contributed by atoms with Crippen molar-refractivity contribution in [3.8, 4) is 33.4 Å². The molecule has 0 heterocycles. The molecule has 0 nitrogen and oxygen atoms in total. The Morgan fingerprint density at radius 2 is 0.879 bits per heavy atom. The van der Waals surface area contributed by atoms with Crippen molar-refractivity contribution in [1.82, 2.24) is 0 Å². The topological polar surface area (TPSA) is 0 Å². The summed E-state index contributed by atoms with van der Waals surface area (Å²) in [5, 5.41) is 0.839. The van der Waals surface area contributed by atoms with Gasteiger partial charge in [-0.3, -0.25) is 0 Å². The first kappa shape index (κ1) is 19.1. The third-order valence-corrected chi connectivity index (χ3v) is 8.08. The molecule has 0 saturated carbocycles. The van der Waals surface area contributed by atoms with Gasteiger partial charge in [-0.15, -0.1) is 0 Å². The lowest BCUT2D eigenvalue weighted by Gasteiger charge is -2.30. The Morgan fingerprint density at radius 1 is 0.424 bits per heavy atom. The molecule has 0 atom stereocenters. The highest BCUT2D eigenvalue weighted by atomic mass is 79.9. The van der Waals surface area contributed by atoms with Gasteiger partial charge >= 0.3 is 0 Å². The molecule has 33 heavy (non-hydrogen) atoms. The molecule has 5 aromatic carbocycles. The predicted octanol–water partition coefficient (Wildman–Crippen LogP) is 8.59. The molecule has 0 amide bonds. The van der Waals surface area contributed by atoms with E-state index in [0.29, 0.717) is 0 Å². The molecule has 2 aliphatic rings. The summed E-state index contributed by atoms with van der Waals surface area (Å²) in [5.74, 6) is 0. The first-order valence-electron chi connectivity index (χ1n) is 11.4. The smallest absolute Gasteiger partial charge is 0.0725 e. The number of benzene rings is 5. The summed E-state index contributed by atoms with van der Waals surface area (Å²) in [4.78, 5) is 0. The average molecular weight is 485 g/mol. The SMILES string of the molecule is BrCc1ccccc1-c1cccc2c1-c1ccccc1C21c2ccccc2-c2ccccc21. The minimum Gasteiger partial charge on any atom is -0.0876 e. The lowest BCUT2D eigenvalue weighted by molar-refractivity contribution is 0.794. The van der Waals surface area contributed by atoms with Crippen LogP contribution >= 0.6 is 15.9 Å². The van der Waals surface area contributed by atoms with Gasteiger partial charge in [0, 0.05) is 5.33 Å². The molecule has 0 bridgehead atoms. The molecular formula is C32H21Br. The summed E-state index contributed by atoms with van der Waals surface area (Å²) in [5.41, 5.74) is 14.6. The van der Waals surface area contributed by atoms with Gasteiger partial charge in [0.05, 0.1) is 5.41 Å². The molecule has 0 N–H and O–H groups in total. The van der Waals surface area contributed by atoms with Crippen LogP contribution in [0.15, 0.2) is 115 Å². The molecule has 0 fully saturated rings. The van der Waals surface area contributed by atoms with Gasteiger partial charge in [0.25, 0.3) is 0 Å². The van der Waals surface area contributed by atoms with Crippen molar-refractivity contribution in [2.45, 2.75) is 10.7 Å². The average Bonchev–Trinajstić information content (AvgIpc) is 3.36. The van der Waals surface area contributed by atoms with Crippen molar-refractivity contribution in [2.75, 3.05) is 0 Å². The highest BCUT2D eigenvalue weighted by Gasteiger charge is 2.51. The van der Waals surface area contributed by atoms with Gasteiger partial charge in [-0.05, 0) is 61.2 Å². The van der Waals surface area contributed by atoms with Crippen LogP contribution in [0.25, 0.3) is 33.4 Å². The minimum atomic E-state index is -0.279. The van der Waals surface area contributed by atoms with Crippen LogP contribution < -0.4 is 0 Å². The summed E-state index contributed by atoms with van der Waals surface area (Å²) in [7, 11) is 0. The van der Waals surface area contributed by atoms with E-state index in [1.54, 1.807) is 0 Å². The van der Waals surface area contributed by atoms with E-state index in [-0.39, 0.29) is 5.41 Å². The monoisotopic (exact) mass is 484 g/mol. The fourth-order valence-corrected chi connectivity index (χ4v) is 6.76. The summed E-state index contributed by atoms with van der Waals surface area (Å²) in [6.07, 6.45) is 0. The highest BCUT2D eigenvalue weighted by Crippen LogP contribution is 2.63. The van der Waals surface area contributed by atoms with Crippen LogP contribution in [0.3, 0.4) is 0 Å². The number of hydrogen-bond donors (Lipinski definition) is 0. The maximum Gasteiger partial charge on any atom is 0.0725 e. The van der Waals surface area contributed by atoms with Gasteiger partial charge in [0.15, 0.2) is 0 Å². The van der Waals surface area contributed by atoms with E-state index >= 15 is 0 Å². The largest absolute Gasteiger partial charge is 0.0876 e. The van der Waals surface area contributed by atoms with E-state index in [1.165, 1.54) is 61.2 Å². The van der Waals surface area contributed by atoms with Crippen LogP contribution in [0.4, 0.5) is 0 Å². The van der Waals surface area contributed by atoms with E-state index < -0.39 is 0 Å². The molecule has 5 aromatic rings. The Labute approximate surface area is 202 Å². The number of fused-ring (bicyclic) bond motifs is 10. The van der Waals surface area contributed by atoms with Crippen molar-refractivity contribution in [3.63, 3.8) is 0 Å². The number of rotatable bonds is 2. The Balaban J connectivity index is 1.66. The van der Waals surface area contributed by atoms with Crippen molar-refractivity contribution in [2.24, 2.45) is 0 Å². The standard InChI is InChI=1S/C32H21Br/c33-20-21-10-1-2-11-22(21)25-15-9-19-30-31(25)26-14-5-8-18-29(26)32(30)27-16-6-3-12-23(27)24-13-4-7-17-28(24)32/h1-19H,20H2. The lowest BCUT2D eigenvalue weighted by Crippen LogP contribution is -2.25. The van der Waals surface area contributed by atoms with Crippen LogP contribution in [0.1, 0.15) is 27.8 Å². The number of halogens is 1. The first-order valence-corrected chi connectivity index (χ1v) is 12.5. The minimum absolute atomic E-state index is 0.279. The summed E-state index contributed by atoms with van der Waals surface area (Å²) >= 11 is 3.72. The summed E-state index contributed by atoms with van der Waals surface area (Å²) < 4.78 is 0. The van der Waals surface area contributed by atoms with Crippen LogP contribution in [0, 0.1) is 0 Å². The quantitative estimate of drug-likeness (QED) is 0.215. The highest BCUT2D eigenvalue weighted by molar-refractivity contribution is 9.08. The van der Waals surface area contributed by atoms with E-state index in [0.717, 1.165) is 5.33 Å². The summed E-state index contributed by atoms with van der Waals surface area (Å²) in [6, 6.07) is 42.6. The van der Waals surface area contributed by atoms with Crippen molar-refractivity contribution in [3.05, 3.63) is 143 Å². The molecule has 1 spiro atoms. The van der Waals surface area contributed by atoms with Crippen molar-refractivity contribution >= 4 is 15.9 Å². The molecule has 0 aromatic heterocycles. The van der Waals surface area contributed by atoms with E-state index in [4.69, 9.17) is 0 Å². The van der Waals surface area contributed by atoms with Gasteiger partial charge in [0.1, 0.15) is 0 Å². The van der Waals surface area contributed by atoms with Crippen molar-refractivity contribution in [1.29, 1.82) is 0 Å².